The highest BCUT2D eigenvalue weighted by atomic mass is 32.1. The molecule has 0 saturated carbocycles. The first-order valence-corrected chi connectivity index (χ1v) is 10.7. The van der Waals surface area contributed by atoms with Gasteiger partial charge >= 0.3 is 0 Å². The summed E-state index contributed by atoms with van der Waals surface area (Å²) < 4.78 is 16.4. The molecule has 0 bridgehead atoms. The number of hydrogen-bond donors (Lipinski definition) is 3. The Morgan fingerprint density at radius 3 is 2.37 bits per heavy atom. The third-order valence-electron chi connectivity index (χ3n) is 5.62. The van der Waals surface area contributed by atoms with Gasteiger partial charge < -0.3 is 29.7 Å². The van der Waals surface area contributed by atoms with E-state index in [0.29, 0.717) is 5.11 Å². The Kier molecular flexibility index (Phi) is 7.76. The van der Waals surface area contributed by atoms with Gasteiger partial charge in [-0.25, -0.2) is 0 Å². The van der Waals surface area contributed by atoms with Crippen LogP contribution in [0.2, 0.25) is 0 Å². The smallest absolute Gasteiger partial charge is 0.166 e. The van der Waals surface area contributed by atoms with Crippen molar-refractivity contribution in [3.05, 3.63) is 53.1 Å². The second-order valence-electron chi connectivity index (χ2n) is 7.38. The van der Waals surface area contributed by atoms with E-state index in [9.17, 15) is 0 Å². The molecule has 3 N–H and O–H groups in total. The third kappa shape index (κ3) is 5.15. The lowest BCUT2D eigenvalue weighted by Gasteiger charge is -2.35. The first-order chi connectivity index (χ1) is 14.6. The summed E-state index contributed by atoms with van der Waals surface area (Å²) in [5.41, 5.74) is 3.88. The fraction of sp³-hybridized carbons (Fsp3) is 0.435. The highest BCUT2D eigenvalue weighted by molar-refractivity contribution is 7.80. The van der Waals surface area contributed by atoms with Crippen molar-refractivity contribution in [1.82, 2.24) is 10.6 Å². The summed E-state index contributed by atoms with van der Waals surface area (Å²) in [6.45, 7) is 5.56. The van der Waals surface area contributed by atoms with Gasteiger partial charge in [0.2, 0.25) is 0 Å². The number of methoxy groups -OCH3 is 3. The minimum absolute atomic E-state index is 0.243. The summed E-state index contributed by atoms with van der Waals surface area (Å²) >= 11 is 5.41. The maximum absolute atomic E-state index is 5.59. The maximum Gasteiger partial charge on any atom is 0.166 e. The SMILES string of the molecule is CCNC(=S)NC[C@H]1c2cc(OC)c(OC)cc2CC[NH+]1Cc1ccc(OC)cc1. The Balaban J connectivity index is 1.88. The Morgan fingerprint density at radius 1 is 1.03 bits per heavy atom. The lowest BCUT2D eigenvalue weighted by atomic mass is 9.91. The van der Waals surface area contributed by atoms with Crippen molar-refractivity contribution >= 4 is 17.3 Å². The molecule has 2 atom stereocenters. The van der Waals surface area contributed by atoms with Crippen LogP contribution in [0.25, 0.3) is 0 Å². The molecule has 1 heterocycles. The van der Waals surface area contributed by atoms with Crippen molar-refractivity contribution in [1.29, 1.82) is 0 Å². The van der Waals surface area contributed by atoms with E-state index in [-0.39, 0.29) is 6.04 Å². The van der Waals surface area contributed by atoms with Gasteiger partial charge in [-0.2, -0.15) is 0 Å². The second kappa shape index (κ2) is 10.5. The topological polar surface area (TPSA) is 56.2 Å². The van der Waals surface area contributed by atoms with E-state index in [2.05, 4.69) is 34.9 Å². The summed E-state index contributed by atoms with van der Waals surface area (Å²) in [6, 6.07) is 12.8. The molecule has 2 aromatic rings. The number of ether oxygens (including phenoxy) is 3. The number of nitrogens with one attached hydrogen (secondary N) is 3. The first-order valence-electron chi connectivity index (χ1n) is 10.3. The second-order valence-corrected chi connectivity index (χ2v) is 7.79. The zero-order valence-corrected chi connectivity index (χ0v) is 19.0. The number of rotatable bonds is 8. The van der Waals surface area contributed by atoms with Crippen LogP contribution < -0.4 is 29.7 Å². The van der Waals surface area contributed by atoms with Crippen molar-refractivity contribution in [2.45, 2.75) is 25.9 Å². The number of hydrogen-bond acceptors (Lipinski definition) is 4. The fourth-order valence-electron chi connectivity index (χ4n) is 4.06. The highest BCUT2D eigenvalue weighted by Crippen LogP contribution is 2.34. The first kappa shape index (κ1) is 22.2. The summed E-state index contributed by atoms with van der Waals surface area (Å²) in [7, 11) is 5.06. The molecule has 0 amide bonds. The van der Waals surface area contributed by atoms with E-state index in [4.69, 9.17) is 26.4 Å². The normalized spacial score (nSPS) is 17.6. The molecule has 7 heteroatoms. The molecule has 162 valence electrons. The van der Waals surface area contributed by atoms with Crippen molar-refractivity contribution in [2.75, 3.05) is 41.0 Å². The summed E-state index contributed by atoms with van der Waals surface area (Å²) in [5.74, 6) is 2.43. The molecule has 0 fully saturated rings. The van der Waals surface area contributed by atoms with Gasteiger partial charge in [0.05, 0.1) is 34.4 Å². The van der Waals surface area contributed by atoms with E-state index < -0.39 is 0 Å². The highest BCUT2D eigenvalue weighted by Gasteiger charge is 2.32. The van der Waals surface area contributed by atoms with Gasteiger partial charge in [0.1, 0.15) is 18.3 Å². The van der Waals surface area contributed by atoms with Crippen molar-refractivity contribution in [3.8, 4) is 17.2 Å². The van der Waals surface area contributed by atoms with Crippen molar-refractivity contribution < 1.29 is 19.1 Å². The van der Waals surface area contributed by atoms with Gasteiger partial charge in [-0.15, -0.1) is 0 Å². The van der Waals surface area contributed by atoms with Crippen LogP contribution in [0, 0.1) is 0 Å². The average molecular weight is 431 g/mol. The largest absolute Gasteiger partial charge is 0.497 e. The number of fused-ring (bicyclic) bond motifs is 1. The van der Waals surface area contributed by atoms with Crippen LogP contribution in [0.1, 0.15) is 29.7 Å². The van der Waals surface area contributed by atoms with Gasteiger partial charge in [-0.1, -0.05) is 0 Å². The molecule has 1 unspecified atom stereocenters. The van der Waals surface area contributed by atoms with E-state index >= 15 is 0 Å². The molecule has 6 nitrogen and oxygen atoms in total. The minimum Gasteiger partial charge on any atom is -0.497 e. The molecule has 1 aliphatic heterocycles. The Morgan fingerprint density at radius 2 is 1.73 bits per heavy atom. The van der Waals surface area contributed by atoms with E-state index in [1.54, 1.807) is 21.3 Å². The Labute approximate surface area is 184 Å². The van der Waals surface area contributed by atoms with Crippen LogP contribution in [-0.2, 0) is 13.0 Å². The molecule has 0 radical (unpaired) electrons. The Hall–Kier alpha value is -2.51. The number of quaternary nitrogens is 1. The summed E-state index contributed by atoms with van der Waals surface area (Å²) in [4.78, 5) is 1.49. The standard InChI is InChI=1S/C23H31N3O3S/c1-5-24-23(30)25-14-20-19-13-22(29-4)21(28-3)12-17(19)10-11-26(20)15-16-6-8-18(27-2)9-7-16/h6-9,12-13,20H,5,10-11,14-15H2,1-4H3,(H2,24,25,30)/p+1/t20-/m0/s1. The van der Waals surface area contributed by atoms with Crippen LogP contribution in [0.15, 0.2) is 36.4 Å². The maximum atomic E-state index is 5.59. The number of thiocarbonyl (C=S) groups is 1. The average Bonchev–Trinajstić information content (AvgIpc) is 2.78. The quantitative estimate of drug-likeness (QED) is 0.556. The molecule has 0 aliphatic carbocycles. The van der Waals surface area contributed by atoms with Gasteiger partial charge in [0.25, 0.3) is 0 Å². The summed E-state index contributed by atoms with van der Waals surface area (Å²) in [6.07, 6.45) is 0.995. The molecule has 2 aromatic carbocycles. The fourth-order valence-corrected chi connectivity index (χ4v) is 4.28. The lowest BCUT2D eigenvalue weighted by molar-refractivity contribution is -0.945. The van der Waals surface area contributed by atoms with Crippen LogP contribution in [-0.4, -0.2) is 46.1 Å². The third-order valence-corrected chi connectivity index (χ3v) is 5.91. The lowest BCUT2D eigenvalue weighted by Crippen LogP contribution is -3.12. The minimum atomic E-state index is 0.243. The van der Waals surface area contributed by atoms with Crippen LogP contribution >= 0.6 is 12.2 Å². The summed E-state index contributed by atoms with van der Waals surface area (Å²) in [5, 5.41) is 7.27. The molecular formula is C23H32N3O3S+. The predicted octanol–water partition coefficient (Wildman–Crippen LogP) is 1.88. The van der Waals surface area contributed by atoms with Crippen LogP contribution in [0.3, 0.4) is 0 Å². The van der Waals surface area contributed by atoms with E-state index in [1.807, 2.05) is 19.1 Å². The molecule has 1 aliphatic rings. The zero-order valence-electron chi connectivity index (χ0n) is 18.2. The van der Waals surface area contributed by atoms with Crippen LogP contribution in [0.5, 0.6) is 17.2 Å². The van der Waals surface area contributed by atoms with E-state index in [1.165, 1.54) is 21.6 Å². The van der Waals surface area contributed by atoms with Crippen molar-refractivity contribution in [3.63, 3.8) is 0 Å². The molecule has 3 rings (SSSR count). The Bertz CT molecular complexity index is 858. The van der Waals surface area contributed by atoms with E-state index in [0.717, 1.165) is 49.8 Å². The van der Waals surface area contributed by atoms with Gasteiger partial charge in [-0.05, 0) is 61.1 Å². The molecule has 0 spiro atoms. The predicted molar refractivity (Wildman–Crippen MR) is 123 cm³/mol. The van der Waals surface area contributed by atoms with Gasteiger partial charge in [-0.3, -0.25) is 0 Å². The molecule has 0 saturated heterocycles. The molecule has 30 heavy (non-hydrogen) atoms. The van der Waals surface area contributed by atoms with Crippen LogP contribution in [0.4, 0.5) is 0 Å². The monoisotopic (exact) mass is 430 g/mol. The van der Waals surface area contributed by atoms with Gasteiger partial charge in [0, 0.05) is 24.1 Å². The zero-order chi connectivity index (χ0) is 21.5. The number of benzene rings is 2. The molecule has 0 aromatic heterocycles. The van der Waals surface area contributed by atoms with Crippen molar-refractivity contribution in [2.24, 2.45) is 0 Å². The molecular weight excluding hydrogens is 398 g/mol. The van der Waals surface area contributed by atoms with Gasteiger partial charge in [0.15, 0.2) is 16.6 Å².